The minimum absolute atomic E-state index is 0.658. The van der Waals surface area contributed by atoms with Crippen LogP contribution in [-0.4, -0.2) is 15.0 Å². The lowest BCUT2D eigenvalue weighted by molar-refractivity contribution is 1.08. The van der Waals surface area contributed by atoms with Gasteiger partial charge >= 0.3 is 0 Å². The van der Waals surface area contributed by atoms with Crippen LogP contribution in [0.4, 0.5) is 0 Å². The fourth-order valence-electron chi connectivity index (χ4n) is 6.72. The molecule has 9 aromatic rings. The molecule has 8 aromatic carbocycles. The molecule has 0 unspecified atom stereocenters. The Kier molecular flexibility index (Phi) is 6.80. The van der Waals surface area contributed by atoms with Crippen LogP contribution in [0.1, 0.15) is 0 Å². The number of rotatable bonds is 5. The van der Waals surface area contributed by atoms with Crippen molar-refractivity contribution in [1.29, 1.82) is 0 Å². The average molecular weight is 612 g/mol. The molecular weight excluding hydrogens is 583 g/mol. The zero-order valence-corrected chi connectivity index (χ0v) is 26.1. The van der Waals surface area contributed by atoms with Gasteiger partial charge < -0.3 is 0 Å². The number of hydrogen-bond donors (Lipinski definition) is 0. The van der Waals surface area contributed by atoms with E-state index in [4.69, 9.17) is 15.0 Å². The van der Waals surface area contributed by atoms with E-state index in [1.807, 2.05) is 60.7 Å². The Hall–Kier alpha value is -6.45. The lowest BCUT2D eigenvalue weighted by Crippen LogP contribution is -2.00. The van der Waals surface area contributed by atoms with Gasteiger partial charge in [0, 0.05) is 16.7 Å². The first kappa shape index (κ1) is 27.8. The van der Waals surface area contributed by atoms with E-state index in [0.29, 0.717) is 17.5 Å². The van der Waals surface area contributed by atoms with Crippen LogP contribution in [0.2, 0.25) is 0 Å². The highest BCUT2D eigenvalue weighted by molar-refractivity contribution is 6.11. The Morgan fingerprint density at radius 1 is 0.250 bits per heavy atom. The normalized spacial score (nSPS) is 11.3. The summed E-state index contributed by atoms with van der Waals surface area (Å²) in [7, 11) is 0. The fraction of sp³-hybridized carbons (Fsp3) is 0. The van der Waals surface area contributed by atoms with Gasteiger partial charge in [0.05, 0.1) is 0 Å². The van der Waals surface area contributed by atoms with E-state index in [1.165, 1.54) is 43.8 Å². The SMILES string of the molecule is c1ccc(-c2ccc3c(ccc4cc(-c5ccc(-c6nc(-c7ccccc7)nc(-c7ccccc7)n6)c6ccccc56)ccc43)c2)cc1. The highest BCUT2D eigenvalue weighted by atomic mass is 15.0. The van der Waals surface area contributed by atoms with Crippen LogP contribution in [0.3, 0.4) is 0 Å². The summed E-state index contributed by atoms with van der Waals surface area (Å²) < 4.78 is 0. The van der Waals surface area contributed by atoms with Crippen molar-refractivity contribution in [1.82, 2.24) is 15.0 Å². The van der Waals surface area contributed by atoms with Crippen molar-refractivity contribution >= 4 is 32.3 Å². The molecule has 1 aromatic heterocycles. The summed E-state index contributed by atoms with van der Waals surface area (Å²) in [5.74, 6) is 1.97. The lowest BCUT2D eigenvalue weighted by atomic mass is 9.92. The van der Waals surface area contributed by atoms with Crippen LogP contribution >= 0.6 is 0 Å². The van der Waals surface area contributed by atoms with E-state index in [9.17, 15) is 0 Å². The van der Waals surface area contributed by atoms with Gasteiger partial charge in [0.1, 0.15) is 0 Å². The first-order chi connectivity index (χ1) is 23.8. The molecule has 3 heteroatoms. The predicted molar refractivity (Wildman–Crippen MR) is 200 cm³/mol. The third-order valence-corrected chi connectivity index (χ3v) is 9.12. The van der Waals surface area contributed by atoms with Gasteiger partial charge in [-0.15, -0.1) is 0 Å². The molecule has 9 rings (SSSR count). The summed E-state index contributed by atoms with van der Waals surface area (Å²) in [4.78, 5) is 14.9. The second kappa shape index (κ2) is 11.7. The smallest absolute Gasteiger partial charge is 0.164 e. The molecule has 0 fully saturated rings. The van der Waals surface area contributed by atoms with Crippen LogP contribution in [0, 0.1) is 0 Å². The summed E-state index contributed by atoms with van der Waals surface area (Å²) in [5, 5.41) is 7.24. The first-order valence-electron chi connectivity index (χ1n) is 16.2. The predicted octanol–water partition coefficient (Wildman–Crippen LogP) is 11.7. The summed E-state index contributed by atoms with van der Waals surface area (Å²) in [6, 6.07) is 61.8. The van der Waals surface area contributed by atoms with Gasteiger partial charge in [-0.25, -0.2) is 15.0 Å². The molecule has 0 saturated heterocycles. The number of nitrogens with zero attached hydrogens (tertiary/aromatic N) is 3. The fourth-order valence-corrected chi connectivity index (χ4v) is 6.72. The summed E-state index contributed by atoms with van der Waals surface area (Å²) in [6.07, 6.45) is 0. The molecule has 0 radical (unpaired) electrons. The first-order valence-corrected chi connectivity index (χ1v) is 16.2. The molecule has 0 saturated carbocycles. The molecular formula is C45H29N3. The molecule has 0 aliphatic carbocycles. The number of benzene rings is 8. The molecule has 0 atom stereocenters. The van der Waals surface area contributed by atoms with Crippen molar-refractivity contribution in [3.05, 3.63) is 176 Å². The average Bonchev–Trinajstić information content (AvgIpc) is 3.18. The highest BCUT2D eigenvalue weighted by Gasteiger charge is 2.16. The molecule has 48 heavy (non-hydrogen) atoms. The van der Waals surface area contributed by atoms with Crippen LogP contribution in [0.15, 0.2) is 176 Å². The van der Waals surface area contributed by atoms with Crippen LogP contribution < -0.4 is 0 Å². The Morgan fingerprint density at radius 2 is 0.688 bits per heavy atom. The van der Waals surface area contributed by atoms with Crippen molar-refractivity contribution < 1.29 is 0 Å². The van der Waals surface area contributed by atoms with E-state index >= 15 is 0 Å². The molecule has 0 aliphatic rings. The third-order valence-electron chi connectivity index (χ3n) is 9.12. The maximum absolute atomic E-state index is 5.03. The molecule has 224 valence electrons. The van der Waals surface area contributed by atoms with E-state index in [-0.39, 0.29) is 0 Å². The van der Waals surface area contributed by atoms with E-state index in [2.05, 4.69) is 115 Å². The summed E-state index contributed by atoms with van der Waals surface area (Å²) in [5.41, 5.74) is 7.71. The van der Waals surface area contributed by atoms with Gasteiger partial charge in [-0.05, 0) is 72.8 Å². The molecule has 1 heterocycles. The minimum atomic E-state index is 0.658. The minimum Gasteiger partial charge on any atom is -0.208 e. The zero-order valence-electron chi connectivity index (χ0n) is 26.1. The topological polar surface area (TPSA) is 38.7 Å². The number of hydrogen-bond acceptors (Lipinski definition) is 3. The van der Waals surface area contributed by atoms with Crippen molar-refractivity contribution in [2.75, 3.05) is 0 Å². The van der Waals surface area contributed by atoms with Gasteiger partial charge in [-0.2, -0.15) is 0 Å². The van der Waals surface area contributed by atoms with Gasteiger partial charge in [-0.3, -0.25) is 0 Å². The number of aromatic nitrogens is 3. The molecule has 0 aliphatic heterocycles. The summed E-state index contributed by atoms with van der Waals surface area (Å²) >= 11 is 0. The Morgan fingerprint density at radius 3 is 1.27 bits per heavy atom. The van der Waals surface area contributed by atoms with Crippen LogP contribution in [0.5, 0.6) is 0 Å². The van der Waals surface area contributed by atoms with Gasteiger partial charge in [0.25, 0.3) is 0 Å². The Labute approximate surface area is 278 Å². The van der Waals surface area contributed by atoms with Gasteiger partial charge in [0.15, 0.2) is 17.5 Å². The van der Waals surface area contributed by atoms with E-state index < -0.39 is 0 Å². The summed E-state index contributed by atoms with van der Waals surface area (Å²) in [6.45, 7) is 0. The number of fused-ring (bicyclic) bond motifs is 4. The highest BCUT2D eigenvalue weighted by Crippen LogP contribution is 2.38. The monoisotopic (exact) mass is 611 g/mol. The van der Waals surface area contributed by atoms with E-state index in [1.54, 1.807) is 0 Å². The second-order valence-corrected chi connectivity index (χ2v) is 12.0. The van der Waals surface area contributed by atoms with Crippen LogP contribution in [0.25, 0.3) is 88.7 Å². The lowest BCUT2D eigenvalue weighted by Gasteiger charge is -2.14. The van der Waals surface area contributed by atoms with Crippen molar-refractivity contribution in [3.8, 4) is 56.4 Å². The largest absolute Gasteiger partial charge is 0.208 e. The quantitative estimate of drug-likeness (QED) is 0.182. The van der Waals surface area contributed by atoms with Crippen molar-refractivity contribution in [3.63, 3.8) is 0 Å². The zero-order chi connectivity index (χ0) is 31.9. The standard InChI is InChI=1S/C45H29N3/c1-4-12-30(13-5-1)33-22-24-37-34(28-33)20-21-35-29-36(23-25-38(35)37)39-26-27-42(41-19-11-10-18-40(39)41)45-47-43(31-14-6-2-7-15-31)46-44(48-45)32-16-8-3-9-17-32/h1-29H. The van der Waals surface area contributed by atoms with Gasteiger partial charge in [-0.1, -0.05) is 158 Å². The third kappa shape index (κ3) is 4.99. The Balaban J connectivity index is 1.16. The maximum atomic E-state index is 5.03. The van der Waals surface area contributed by atoms with E-state index in [0.717, 1.165) is 27.5 Å². The molecule has 0 bridgehead atoms. The van der Waals surface area contributed by atoms with Crippen LogP contribution in [-0.2, 0) is 0 Å². The Bertz CT molecular complexity index is 2540. The van der Waals surface area contributed by atoms with Crippen molar-refractivity contribution in [2.24, 2.45) is 0 Å². The maximum Gasteiger partial charge on any atom is 0.164 e. The molecule has 3 nitrogen and oxygen atoms in total. The molecule has 0 amide bonds. The van der Waals surface area contributed by atoms with Crippen molar-refractivity contribution in [2.45, 2.75) is 0 Å². The van der Waals surface area contributed by atoms with Gasteiger partial charge in [0.2, 0.25) is 0 Å². The molecule has 0 N–H and O–H groups in total. The second-order valence-electron chi connectivity index (χ2n) is 12.0. The molecule has 0 spiro atoms.